The fourth-order valence-corrected chi connectivity index (χ4v) is 3.85. The van der Waals surface area contributed by atoms with E-state index in [0.29, 0.717) is 22.2 Å². The van der Waals surface area contributed by atoms with E-state index >= 15 is 0 Å². The molecule has 2 aliphatic heterocycles. The summed E-state index contributed by atoms with van der Waals surface area (Å²) in [6.07, 6.45) is -1.26. The van der Waals surface area contributed by atoms with Gasteiger partial charge in [-0.2, -0.15) is 11.8 Å². The molecule has 1 saturated heterocycles. The molecule has 1 aromatic rings. The zero-order chi connectivity index (χ0) is 14.4. The monoisotopic (exact) mass is 296 g/mol. The molecule has 1 fully saturated rings. The number of hydrogen-bond acceptors (Lipinski definition) is 4. The van der Waals surface area contributed by atoms with Crippen molar-refractivity contribution in [1.29, 1.82) is 0 Å². The Hall–Kier alpha value is -1.27. The SMILES string of the molecule is CC1SCCN(c2cc3c(cc2F)C(O)C(=O)N3)C1C. The van der Waals surface area contributed by atoms with E-state index in [4.69, 9.17) is 0 Å². The third kappa shape index (κ3) is 2.07. The summed E-state index contributed by atoms with van der Waals surface area (Å²) < 4.78 is 14.3. The predicted octanol–water partition coefficient (Wildman–Crippen LogP) is 2.14. The summed E-state index contributed by atoms with van der Waals surface area (Å²) >= 11 is 1.88. The molecule has 0 radical (unpaired) electrons. The summed E-state index contributed by atoms with van der Waals surface area (Å²) in [5.74, 6) is 0.0780. The minimum Gasteiger partial charge on any atom is -0.378 e. The number of carbonyl (C=O) groups is 1. The summed E-state index contributed by atoms with van der Waals surface area (Å²) in [7, 11) is 0. The van der Waals surface area contributed by atoms with Crippen LogP contribution in [0.1, 0.15) is 25.5 Å². The maximum absolute atomic E-state index is 14.3. The number of halogens is 1. The van der Waals surface area contributed by atoms with Gasteiger partial charge >= 0.3 is 0 Å². The molecule has 2 N–H and O–H groups in total. The van der Waals surface area contributed by atoms with Crippen LogP contribution in [0.15, 0.2) is 12.1 Å². The Morgan fingerprint density at radius 1 is 1.45 bits per heavy atom. The van der Waals surface area contributed by atoms with Crippen molar-refractivity contribution in [2.45, 2.75) is 31.2 Å². The summed E-state index contributed by atoms with van der Waals surface area (Å²) in [6.45, 7) is 5.00. The van der Waals surface area contributed by atoms with Crippen molar-refractivity contribution in [3.8, 4) is 0 Å². The number of benzene rings is 1. The van der Waals surface area contributed by atoms with E-state index in [9.17, 15) is 14.3 Å². The number of carbonyl (C=O) groups excluding carboxylic acids is 1. The largest absolute Gasteiger partial charge is 0.378 e. The molecule has 3 rings (SSSR count). The maximum Gasteiger partial charge on any atom is 0.257 e. The second kappa shape index (κ2) is 4.93. The highest BCUT2D eigenvalue weighted by molar-refractivity contribution is 8.00. The van der Waals surface area contributed by atoms with Crippen molar-refractivity contribution in [3.05, 3.63) is 23.5 Å². The maximum atomic E-state index is 14.3. The fraction of sp³-hybridized carbons (Fsp3) is 0.500. The summed E-state index contributed by atoms with van der Waals surface area (Å²) in [5.41, 5.74) is 1.33. The Kier molecular flexibility index (Phi) is 3.38. The molecule has 108 valence electrons. The van der Waals surface area contributed by atoms with Gasteiger partial charge in [-0.05, 0) is 19.1 Å². The van der Waals surface area contributed by atoms with E-state index in [1.807, 2.05) is 16.7 Å². The van der Waals surface area contributed by atoms with Gasteiger partial charge < -0.3 is 15.3 Å². The first-order valence-corrected chi connectivity index (χ1v) is 7.74. The molecule has 2 aliphatic rings. The van der Waals surface area contributed by atoms with Gasteiger partial charge in [-0.15, -0.1) is 0 Å². The van der Waals surface area contributed by atoms with Crippen molar-refractivity contribution in [2.75, 3.05) is 22.5 Å². The second-order valence-electron chi connectivity index (χ2n) is 5.29. The van der Waals surface area contributed by atoms with E-state index in [0.717, 1.165) is 12.3 Å². The summed E-state index contributed by atoms with van der Waals surface area (Å²) in [5, 5.41) is 12.7. The summed E-state index contributed by atoms with van der Waals surface area (Å²) in [6, 6.07) is 3.13. The minimum absolute atomic E-state index is 0.225. The fourth-order valence-electron chi connectivity index (χ4n) is 2.75. The lowest BCUT2D eigenvalue weighted by atomic mass is 10.1. The molecular weight excluding hydrogens is 279 g/mol. The van der Waals surface area contributed by atoms with Crippen molar-refractivity contribution in [1.82, 2.24) is 0 Å². The average Bonchev–Trinajstić information content (AvgIpc) is 2.68. The van der Waals surface area contributed by atoms with Gasteiger partial charge in [-0.25, -0.2) is 4.39 Å². The van der Waals surface area contributed by atoms with Crippen molar-refractivity contribution in [2.24, 2.45) is 0 Å². The number of amides is 1. The molecule has 1 amide bonds. The third-order valence-electron chi connectivity index (χ3n) is 4.11. The van der Waals surface area contributed by atoms with Crippen LogP contribution in [0.25, 0.3) is 0 Å². The van der Waals surface area contributed by atoms with Gasteiger partial charge in [0, 0.05) is 34.8 Å². The van der Waals surface area contributed by atoms with Crippen molar-refractivity contribution < 1.29 is 14.3 Å². The molecule has 2 heterocycles. The predicted molar refractivity (Wildman–Crippen MR) is 78.7 cm³/mol. The number of hydrogen-bond donors (Lipinski definition) is 2. The lowest BCUT2D eigenvalue weighted by molar-refractivity contribution is -0.123. The number of nitrogens with one attached hydrogen (secondary N) is 1. The standard InChI is InChI=1S/C14H17FN2O2S/c1-7-8(2)20-4-3-17(7)12-6-11-9(5-10(12)15)13(18)14(19)16-11/h5-8,13,18H,3-4H2,1-2H3,(H,16,19). The highest BCUT2D eigenvalue weighted by Gasteiger charge is 2.33. The average molecular weight is 296 g/mol. The Labute approximate surface area is 121 Å². The molecule has 6 heteroatoms. The molecular formula is C14H17FN2O2S. The Bertz CT molecular complexity index is 566. The number of aliphatic hydroxyl groups is 1. The number of fused-ring (bicyclic) bond motifs is 1. The van der Waals surface area contributed by atoms with Crippen LogP contribution in [0.5, 0.6) is 0 Å². The molecule has 3 unspecified atom stereocenters. The quantitative estimate of drug-likeness (QED) is 0.834. The zero-order valence-corrected chi connectivity index (χ0v) is 12.2. The van der Waals surface area contributed by atoms with E-state index in [1.165, 1.54) is 6.07 Å². The van der Waals surface area contributed by atoms with Crippen LogP contribution >= 0.6 is 11.8 Å². The highest BCUT2D eigenvalue weighted by atomic mass is 32.2. The first-order valence-electron chi connectivity index (χ1n) is 6.69. The number of anilines is 2. The van der Waals surface area contributed by atoms with Gasteiger partial charge in [0.15, 0.2) is 6.10 Å². The van der Waals surface area contributed by atoms with Crippen LogP contribution in [0, 0.1) is 5.82 Å². The smallest absolute Gasteiger partial charge is 0.257 e. The van der Waals surface area contributed by atoms with Crippen LogP contribution in [-0.2, 0) is 4.79 Å². The van der Waals surface area contributed by atoms with E-state index in [1.54, 1.807) is 6.07 Å². The number of nitrogens with zero attached hydrogens (tertiary/aromatic N) is 1. The molecule has 3 atom stereocenters. The minimum atomic E-state index is -1.26. The van der Waals surface area contributed by atoms with Gasteiger partial charge in [-0.1, -0.05) is 6.92 Å². The Balaban J connectivity index is 1.99. The molecule has 1 aromatic carbocycles. The van der Waals surface area contributed by atoms with Gasteiger partial charge in [-0.3, -0.25) is 4.79 Å². The van der Waals surface area contributed by atoms with Gasteiger partial charge in [0.2, 0.25) is 0 Å². The summed E-state index contributed by atoms with van der Waals surface area (Å²) in [4.78, 5) is 13.5. The van der Waals surface area contributed by atoms with Crippen LogP contribution < -0.4 is 10.2 Å². The van der Waals surface area contributed by atoms with Gasteiger partial charge in [0.05, 0.1) is 5.69 Å². The molecule has 4 nitrogen and oxygen atoms in total. The van der Waals surface area contributed by atoms with Crippen molar-refractivity contribution in [3.63, 3.8) is 0 Å². The molecule has 0 bridgehead atoms. The molecule has 0 saturated carbocycles. The second-order valence-corrected chi connectivity index (χ2v) is 6.78. The highest BCUT2D eigenvalue weighted by Crippen LogP contribution is 2.38. The van der Waals surface area contributed by atoms with Crippen molar-refractivity contribution >= 4 is 29.0 Å². The van der Waals surface area contributed by atoms with Gasteiger partial charge in [0.25, 0.3) is 5.91 Å². The van der Waals surface area contributed by atoms with Crippen LogP contribution in [0.2, 0.25) is 0 Å². The zero-order valence-electron chi connectivity index (χ0n) is 11.4. The topological polar surface area (TPSA) is 52.6 Å². The van der Waals surface area contributed by atoms with Gasteiger partial charge in [0.1, 0.15) is 5.82 Å². The van der Waals surface area contributed by atoms with Crippen LogP contribution in [-0.4, -0.2) is 34.6 Å². The Morgan fingerprint density at radius 3 is 2.95 bits per heavy atom. The van der Waals surface area contributed by atoms with E-state index in [-0.39, 0.29) is 11.9 Å². The lowest BCUT2D eigenvalue weighted by Gasteiger charge is -2.39. The van der Waals surface area contributed by atoms with Crippen LogP contribution in [0.3, 0.4) is 0 Å². The normalized spacial score (nSPS) is 29.3. The molecule has 0 spiro atoms. The molecule has 0 aromatic heterocycles. The lowest BCUT2D eigenvalue weighted by Crippen LogP contribution is -2.45. The number of thioether (sulfide) groups is 1. The first-order chi connectivity index (χ1) is 9.49. The third-order valence-corrected chi connectivity index (χ3v) is 5.45. The Morgan fingerprint density at radius 2 is 2.20 bits per heavy atom. The first kappa shape index (κ1) is 13.7. The van der Waals surface area contributed by atoms with Crippen LogP contribution in [0.4, 0.5) is 15.8 Å². The molecule has 20 heavy (non-hydrogen) atoms. The van der Waals surface area contributed by atoms with E-state index in [2.05, 4.69) is 19.2 Å². The number of rotatable bonds is 1. The van der Waals surface area contributed by atoms with E-state index < -0.39 is 12.0 Å². The molecule has 0 aliphatic carbocycles. The number of aliphatic hydroxyl groups excluding tert-OH is 1.